The van der Waals surface area contributed by atoms with Crippen molar-refractivity contribution in [1.82, 2.24) is 0 Å². The molecule has 4 nitrogen and oxygen atoms in total. The van der Waals surface area contributed by atoms with Gasteiger partial charge in [-0.05, 0) is 38.1 Å². The maximum Gasteiger partial charge on any atom is 0.240 e. The van der Waals surface area contributed by atoms with E-state index < -0.39 is 0 Å². The molecule has 1 aromatic carbocycles. The first-order valence-corrected chi connectivity index (χ1v) is 7.96. The normalized spacial score (nSPS) is 47.6. The van der Waals surface area contributed by atoms with Gasteiger partial charge >= 0.3 is 0 Å². The van der Waals surface area contributed by atoms with Crippen LogP contribution in [0.3, 0.4) is 0 Å². The van der Waals surface area contributed by atoms with Crippen LogP contribution in [-0.2, 0) is 0 Å². The van der Waals surface area contributed by atoms with E-state index >= 15 is 0 Å². The van der Waals surface area contributed by atoms with Crippen molar-refractivity contribution in [3.63, 3.8) is 0 Å². The first-order chi connectivity index (χ1) is 9.95. The fourth-order valence-corrected chi connectivity index (χ4v) is 5.52. The van der Waals surface area contributed by atoms with Gasteiger partial charge in [0.25, 0.3) is 0 Å². The molecule has 0 aromatic heterocycles. The molecule has 5 rings (SSSR count). The number of quaternary nitrogens is 2. The predicted molar refractivity (Wildman–Crippen MR) is 79.3 cm³/mol. The van der Waals surface area contributed by atoms with Crippen molar-refractivity contribution in [2.45, 2.75) is 26.1 Å². The third-order valence-corrected chi connectivity index (χ3v) is 6.11. The smallest absolute Gasteiger partial charge is 0.240 e. The lowest BCUT2D eigenvalue weighted by Crippen LogP contribution is -3.41. The van der Waals surface area contributed by atoms with Gasteiger partial charge in [-0.3, -0.25) is 9.80 Å². The highest BCUT2D eigenvalue weighted by Gasteiger charge is 2.67. The van der Waals surface area contributed by atoms with Gasteiger partial charge in [-0.2, -0.15) is 0 Å². The zero-order valence-corrected chi connectivity index (χ0v) is 13.1. The molecule has 1 aromatic rings. The lowest BCUT2D eigenvalue weighted by atomic mass is 9.60. The SMILES string of the molecule is COc1ccc(C2[NH+]3CC4(C)C[NH+]2CC(C)(C3)C4O)cc1. The molecule has 4 heteroatoms. The van der Waals surface area contributed by atoms with E-state index in [1.807, 2.05) is 0 Å². The van der Waals surface area contributed by atoms with Crippen molar-refractivity contribution in [3.8, 4) is 5.75 Å². The van der Waals surface area contributed by atoms with E-state index in [0.29, 0.717) is 6.17 Å². The Morgan fingerprint density at radius 3 is 1.90 bits per heavy atom. The second-order valence-electron chi connectivity index (χ2n) is 7.94. The Labute approximate surface area is 126 Å². The topological polar surface area (TPSA) is 38.3 Å². The quantitative estimate of drug-likeness (QED) is 0.645. The standard InChI is InChI=1S/C17H24N2O2/c1-16-8-18-10-17(2,15(16)20)11-19(9-16)14(18)12-4-6-13(21-3)7-5-12/h4-7,14-15,20H,8-11H2,1-3H3/p+2. The van der Waals surface area contributed by atoms with Crippen LogP contribution in [0.15, 0.2) is 24.3 Å². The van der Waals surface area contributed by atoms with Crippen LogP contribution in [-0.4, -0.2) is 44.5 Å². The van der Waals surface area contributed by atoms with Gasteiger partial charge in [-0.1, -0.05) is 0 Å². The van der Waals surface area contributed by atoms with E-state index in [-0.39, 0.29) is 16.9 Å². The van der Waals surface area contributed by atoms with Crippen LogP contribution in [0.5, 0.6) is 5.75 Å². The van der Waals surface area contributed by atoms with Crippen molar-refractivity contribution < 1.29 is 19.6 Å². The maximum absolute atomic E-state index is 10.7. The molecule has 4 aliphatic rings. The molecule has 0 unspecified atom stereocenters. The van der Waals surface area contributed by atoms with Crippen LogP contribution in [0.2, 0.25) is 0 Å². The van der Waals surface area contributed by atoms with Gasteiger partial charge in [0.1, 0.15) is 5.75 Å². The third-order valence-electron chi connectivity index (χ3n) is 6.11. The summed E-state index contributed by atoms with van der Waals surface area (Å²) >= 11 is 0. The molecule has 0 spiro atoms. The van der Waals surface area contributed by atoms with Crippen molar-refractivity contribution in [1.29, 1.82) is 0 Å². The van der Waals surface area contributed by atoms with Crippen molar-refractivity contribution in [2.75, 3.05) is 33.3 Å². The molecule has 0 radical (unpaired) electrons. The Morgan fingerprint density at radius 1 is 1.00 bits per heavy atom. The van der Waals surface area contributed by atoms with Crippen LogP contribution in [0.25, 0.3) is 0 Å². The van der Waals surface area contributed by atoms with Crippen LogP contribution in [0, 0.1) is 10.8 Å². The largest absolute Gasteiger partial charge is 0.497 e. The van der Waals surface area contributed by atoms with Gasteiger partial charge in [0.15, 0.2) is 0 Å². The second kappa shape index (κ2) is 4.22. The highest BCUT2D eigenvalue weighted by atomic mass is 16.5. The summed E-state index contributed by atoms with van der Waals surface area (Å²) in [4.78, 5) is 3.28. The minimum absolute atomic E-state index is 0.0822. The number of rotatable bonds is 2. The second-order valence-corrected chi connectivity index (χ2v) is 7.94. The Bertz CT molecular complexity index is 518. The fraction of sp³-hybridized carbons (Fsp3) is 0.647. The third kappa shape index (κ3) is 1.79. The van der Waals surface area contributed by atoms with E-state index in [9.17, 15) is 5.11 Å². The zero-order valence-electron chi connectivity index (χ0n) is 13.1. The summed E-state index contributed by atoms with van der Waals surface area (Å²) in [5, 5.41) is 10.7. The molecular formula is C17H26N2O2+2. The van der Waals surface area contributed by atoms with Crippen molar-refractivity contribution in [2.24, 2.45) is 10.8 Å². The Morgan fingerprint density at radius 2 is 1.48 bits per heavy atom. The summed E-state index contributed by atoms with van der Waals surface area (Å²) in [6.45, 7) is 8.90. The summed E-state index contributed by atoms with van der Waals surface area (Å²) in [7, 11) is 1.71. The van der Waals surface area contributed by atoms with Gasteiger partial charge in [0.05, 0.1) is 55.8 Å². The van der Waals surface area contributed by atoms with Gasteiger partial charge in [0, 0.05) is 0 Å². The minimum Gasteiger partial charge on any atom is -0.497 e. The van der Waals surface area contributed by atoms with E-state index in [4.69, 9.17) is 4.74 Å². The van der Waals surface area contributed by atoms with Crippen molar-refractivity contribution >= 4 is 0 Å². The van der Waals surface area contributed by atoms with E-state index in [1.54, 1.807) is 16.9 Å². The molecule has 0 amide bonds. The number of hydrogen-bond donors (Lipinski definition) is 3. The lowest BCUT2D eigenvalue weighted by Gasteiger charge is -2.62. The molecule has 3 N–H and O–H groups in total. The fourth-order valence-electron chi connectivity index (χ4n) is 5.52. The number of hydrogen-bond acceptors (Lipinski definition) is 2. The molecule has 4 aliphatic heterocycles. The predicted octanol–water partition coefficient (Wildman–Crippen LogP) is -1.12. The number of aliphatic hydroxyl groups is 1. The Kier molecular flexibility index (Phi) is 2.72. The zero-order chi connectivity index (χ0) is 14.8. The molecule has 4 heterocycles. The minimum atomic E-state index is -0.144. The monoisotopic (exact) mass is 290 g/mol. The average molecular weight is 290 g/mol. The van der Waals surface area contributed by atoms with Gasteiger partial charge in [-0.25, -0.2) is 0 Å². The lowest BCUT2D eigenvalue weighted by molar-refractivity contribution is -1.19. The molecule has 4 saturated heterocycles. The summed E-state index contributed by atoms with van der Waals surface area (Å²) in [5.74, 6) is 0.923. The molecule has 0 atom stereocenters. The van der Waals surface area contributed by atoms with Crippen LogP contribution in [0.4, 0.5) is 0 Å². The highest BCUT2D eigenvalue weighted by molar-refractivity contribution is 5.28. The number of aliphatic hydroxyl groups excluding tert-OH is 1. The summed E-state index contributed by atoms with van der Waals surface area (Å²) in [6.07, 6.45) is 0.374. The molecule has 4 bridgehead atoms. The first-order valence-electron chi connectivity index (χ1n) is 7.96. The van der Waals surface area contributed by atoms with Gasteiger partial charge in [-0.15, -0.1) is 0 Å². The van der Waals surface area contributed by atoms with Crippen LogP contribution < -0.4 is 14.5 Å². The summed E-state index contributed by atoms with van der Waals surface area (Å²) < 4.78 is 5.27. The molecular weight excluding hydrogens is 264 g/mol. The van der Waals surface area contributed by atoms with Crippen molar-refractivity contribution in [3.05, 3.63) is 29.8 Å². The first kappa shape index (κ1) is 13.6. The average Bonchev–Trinajstić information content (AvgIpc) is 2.44. The molecule has 4 fully saturated rings. The van der Waals surface area contributed by atoms with E-state index in [2.05, 4.69) is 38.1 Å². The number of piperidine rings is 2. The number of methoxy groups -OCH3 is 1. The molecule has 0 aliphatic carbocycles. The number of nitrogens with one attached hydrogen (secondary N) is 2. The summed E-state index contributed by atoms with van der Waals surface area (Å²) in [5.41, 5.74) is 1.57. The van der Waals surface area contributed by atoms with E-state index in [0.717, 1.165) is 31.9 Å². The number of benzene rings is 1. The molecule has 21 heavy (non-hydrogen) atoms. The van der Waals surface area contributed by atoms with Crippen LogP contribution in [0.1, 0.15) is 25.6 Å². The Hall–Kier alpha value is -1.10. The van der Waals surface area contributed by atoms with Gasteiger partial charge < -0.3 is 9.84 Å². The number of ether oxygens (including phenoxy) is 1. The molecule has 0 saturated carbocycles. The molecule has 114 valence electrons. The summed E-state index contributed by atoms with van der Waals surface area (Å²) in [6, 6.07) is 8.57. The maximum atomic E-state index is 10.7. The highest BCUT2D eigenvalue weighted by Crippen LogP contribution is 2.39. The van der Waals surface area contributed by atoms with Crippen LogP contribution >= 0.6 is 0 Å². The van der Waals surface area contributed by atoms with E-state index in [1.165, 1.54) is 5.56 Å². The Balaban J connectivity index is 1.68. The van der Waals surface area contributed by atoms with Gasteiger partial charge in [0.2, 0.25) is 6.17 Å².